The smallest absolute Gasteiger partial charge is 0.307 e. The Kier molecular flexibility index (Phi) is 8.94. The molecule has 2 rings (SSSR count). The van der Waals surface area contributed by atoms with Gasteiger partial charge in [0.15, 0.2) is 0 Å². The van der Waals surface area contributed by atoms with Crippen LogP contribution in [0.1, 0.15) is 18.6 Å². The van der Waals surface area contributed by atoms with Crippen LogP contribution in [0.25, 0.3) is 0 Å². The maximum atomic E-state index is 11.7. The highest BCUT2D eigenvalue weighted by atomic mass is 16.2. The van der Waals surface area contributed by atoms with E-state index in [-0.39, 0.29) is 19.5 Å². The molecule has 8 nitrogen and oxygen atoms in total. The van der Waals surface area contributed by atoms with Gasteiger partial charge in [0.2, 0.25) is 0 Å². The molecule has 4 N–H and O–H groups in total. The summed E-state index contributed by atoms with van der Waals surface area (Å²) in [4.78, 5) is 23.3. The van der Waals surface area contributed by atoms with Crippen LogP contribution < -0.4 is 21.5 Å². The van der Waals surface area contributed by atoms with E-state index >= 15 is 0 Å². The first-order valence-corrected chi connectivity index (χ1v) is 8.49. The number of anilines is 2. The molecule has 0 bridgehead atoms. The molecular weight excluding hydrogens is 356 g/mol. The van der Waals surface area contributed by atoms with E-state index in [0.717, 1.165) is 28.9 Å². The summed E-state index contributed by atoms with van der Waals surface area (Å²) in [5, 5.41) is 8.68. The molecule has 0 aliphatic carbocycles. The Balaban J connectivity index is 0.00000392. The summed E-state index contributed by atoms with van der Waals surface area (Å²) in [7, 11) is 6.99. The van der Waals surface area contributed by atoms with Gasteiger partial charge in [-0.2, -0.15) is 0 Å². The van der Waals surface area contributed by atoms with Crippen molar-refractivity contribution in [2.45, 2.75) is 13.8 Å². The number of rotatable bonds is 6. The quantitative estimate of drug-likeness (QED) is 0.575. The zero-order chi connectivity index (χ0) is 19.8. The second-order valence-electron chi connectivity index (χ2n) is 6.49. The second kappa shape index (κ2) is 10.9. The second-order valence-corrected chi connectivity index (χ2v) is 6.49. The minimum atomic E-state index is -0.283. The maximum absolute atomic E-state index is 11.7. The first-order chi connectivity index (χ1) is 12.8. The number of hydrogen-bond acceptors (Lipinski definition) is 4. The number of amides is 4. The van der Waals surface area contributed by atoms with Crippen LogP contribution >= 0.6 is 0 Å². The molecule has 152 valence electrons. The van der Waals surface area contributed by atoms with Gasteiger partial charge in [-0.3, -0.25) is 10.9 Å². The minimum absolute atomic E-state index is 0. The van der Waals surface area contributed by atoms with Gasteiger partial charge in [-0.05, 0) is 41.8 Å². The van der Waals surface area contributed by atoms with Crippen LogP contribution in [0.3, 0.4) is 0 Å². The molecule has 0 unspecified atom stereocenters. The first-order valence-electron chi connectivity index (χ1n) is 8.49. The molecule has 0 atom stereocenters. The molecule has 0 spiro atoms. The molecule has 4 amide bonds. The Labute approximate surface area is 166 Å². The predicted octanol–water partition coefficient (Wildman–Crippen LogP) is 3.11. The highest BCUT2D eigenvalue weighted by Gasteiger charge is 2.04. The van der Waals surface area contributed by atoms with Crippen molar-refractivity contribution in [3.8, 4) is 0 Å². The van der Waals surface area contributed by atoms with Crippen LogP contribution in [0.15, 0.2) is 48.5 Å². The lowest BCUT2D eigenvalue weighted by Gasteiger charge is -2.13. The van der Waals surface area contributed by atoms with E-state index in [0.29, 0.717) is 0 Å². The van der Waals surface area contributed by atoms with Gasteiger partial charge in [-0.1, -0.05) is 31.7 Å². The number of nitrogens with one attached hydrogen (secondary N) is 4. The zero-order valence-corrected chi connectivity index (χ0v) is 16.0. The van der Waals surface area contributed by atoms with Gasteiger partial charge >= 0.3 is 12.1 Å². The van der Waals surface area contributed by atoms with Crippen molar-refractivity contribution in [1.29, 1.82) is 0 Å². The molecule has 0 saturated carbocycles. The van der Waals surface area contributed by atoms with E-state index in [4.69, 9.17) is 0 Å². The molecule has 28 heavy (non-hydrogen) atoms. The fourth-order valence-corrected chi connectivity index (χ4v) is 2.37. The molecule has 2 aromatic rings. The Morgan fingerprint density at radius 3 is 1.29 bits per heavy atom. The number of benzene rings is 2. The zero-order valence-electron chi connectivity index (χ0n) is 16.0. The topological polar surface area (TPSA) is 88.7 Å². The number of carbonyl (C=O) groups excluding carboxylic acids is 2. The van der Waals surface area contributed by atoms with Crippen molar-refractivity contribution >= 4 is 23.4 Å². The summed E-state index contributed by atoms with van der Waals surface area (Å²) in [5.41, 5.74) is 8.94. The molecule has 0 saturated heterocycles. The van der Waals surface area contributed by atoms with E-state index < -0.39 is 0 Å². The molecule has 0 radical (unpaired) electrons. The number of carbonyl (C=O) groups is 2. The third-order valence-electron chi connectivity index (χ3n) is 3.48. The van der Waals surface area contributed by atoms with Gasteiger partial charge < -0.3 is 10.6 Å². The summed E-state index contributed by atoms with van der Waals surface area (Å²) >= 11 is 0. The lowest BCUT2D eigenvalue weighted by molar-refractivity contribution is 0.223. The number of urea groups is 2. The van der Waals surface area contributed by atoms with E-state index in [1.807, 2.05) is 48.5 Å². The number of hydrazine groups is 2. The average Bonchev–Trinajstić information content (AvgIpc) is 2.57. The highest BCUT2D eigenvalue weighted by Crippen LogP contribution is 2.16. The molecule has 0 fully saturated rings. The maximum Gasteiger partial charge on any atom is 0.333 e. The van der Waals surface area contributed by atoms with Crippen LogP contribution in [0.4, 0.5) is 21.0 Å². The van der Waals surface area contributed by atoms with E-state index in [1.165, 1.54) is 0 Å². The van der Waals surface area contributed by atoms with Gasteiger partial charge in [0.25, 0.3) is 0 Å². The Bertz CT molecular complexity index is 692. The summed E-state index contributed by atoms with van der Waals surface area (Å²) in [5.74, 6) is 0. The number of nitrogens with zero attached hydrogens (tertiary/aromatic N) is 2. The fraction of sp³-hybridized carbons (Fsp3) is 0.300. The SMILES string of the molecule is C.CN(C)NC(=O)Nc1ccc(Cc2ccc(NC(=O)NN(C)C)cc2)cc1. The Hall–Kier alpha value is -3.10. The Morgan fingerprint density at radius 1 is 0.679 bits per heavy atom. The molecule has 0 aliphatic heterocycles. The number of hydrogen-bond donors (Lipinski definition) is 4. The van der Waals surface area contributed by atoms with Gasteiger partial charge in [-0.25, -0.2) is 19.6 Å². The fourth-order valence-electron chi connectivity index (χ4n) is 2.37. The lowest BCUT2D eigenvalue weighted by Crippen LogP contribution is -2.39. The first kappa shape index (κ1) is 22.9. The van der Waals surface area contributed by atoms with Crippen molar-refractivity contribution < 1.29 is 9.59 Å². The predicted molar refractivity (Wildman–Crippen MR) is 114 cm³/mol. The van der Waals surface area contributed by atoms with Crippen LogP contribution in [0.2, 0.25) is 0 Å². The van der Waals surface area contributed by atoms with Crippen molar-refractivity contribution in [3.63, 3.8) is 0 Å². The molecule has 8 heteroatoms. The van der Waals surface area contributed by atoms with E-state index in [9.17, 15) is 9.59 Å². The van der Waals surface area contributed by atoms with Gasteiger partial charge in [0.05, 0.1) is 0 Å². The largest absolute Gasteiger partial charge is 0.333 e. The van der Waals surface area contributed by atoms with Gasteiger partial charge in [0.1, 0.15) is 0 Å². The standard InChI is InChI=1S/C19H26N6O2.CH4/c1-24(2)22-18(26)20-16-9-5-14(6-10-16)13-15-7-11-17(12-8-15)21-19(27)23-25(3)4;/h5-12H,13H2,1-4H3,(H2,20,22,26)(H2,21,23,27);1H4. The van der Waals surface area contributed by atoms with E-state index in [1.54, 1.807) is 38.2 Å². The summed E-state index contributed by atoms with van der Waals surface area (Å²) < 4.78 is 0. The normalized spacial score (nSPS) is 10.2. The molecule has 2 aromatic carbocycles. The van der Waals surface area contributed by atoms with Crippen molar-refractivity contribution in [2.75, 3.05) is 38.8 Å². The monoisotopic (exact) mass is 386 g/mol. The molecule has 0 aromatic heterocycles. The van der Waals surface area contributed by atoms with Crippen LogP contribution in [-0.2, 0) is 6.42 Å². The highest BCUT2D eigenvalue weighted by molar-refractivity contribution is 5.89. The van der Waals surface area contributed by atoms with Crippen molar-refractivity contribution in [1.82, 2.24) is 20.9 Å². The van der Waals surface area contributed by atoms with Crippen LogP contribution in [0, 0.1) is 0 Å². The third kappa shape index (κ3) is 8.07. The van der Waals surface area contributed by atoms with Gasteiger partial charge in [-0.15, -0.1) is 0 Å². The average molecular weight is 387 g/mol. The van der Waals surface area contributed by atoms with Crippen LogP contribution in [0.5, 0.6) is 0 Å². The summed E-state index contributed by atoms with van der Waals surface area (Å²) in [6.45, 7) is 0. The van der Waals surface area contributed by atoms with Crippen LogP contribution in [-0.4, -0.2) is 50.3 Å². The summed E-state index contributed by atoms with van der Waals surface area (Å²) in [6, 6.07) is 14.8. The van der Waals surface area contributed by atoms with Crippen molar-refractivity contribution in [3.05, 3.63) is 59.7 Å². The van der Waals surface area contributed by atoms with Gasteiger partial charge in [0, 0.05) is 39.6 Å². The summed E-state index contributed by atoms with van der Waals surface area (Å²) in [6.07, 6.45) is 0.758. The minimum Gasteiger partial charge on any atom is -0.307 e. The Morgan fingerprint density at radius 2 is 1.00 bits per heavy atom. The molecule has 0 heterocycles. The molecule has 0 aliphatic rings. The lowest BCUT2D eigenvalue weighted by atomic mass is 10.0. The molecular formula is C20H30N6O2. The van der Waals surface area contributed by atoms with E-state index in [2.05, 4.69) is 21.5 Å². The third-order valence-corrected chi connectivity index (χ3v) is 3.48. The van der Waals surface area contributed by atoms with Crippen molar-refractivity contribution in [2.24, 2.45) is 0 Å².